The number of aromatic amines is 1. The molecule has 7 heteroatoms. The van der Waals surface area contributed by atoms with Crippen LogP contribution in [0.3, 0.4) is 0 Å². The van der Waals surface area contributed by atoms with Crippen molar-refractivity contribution in [3.63, 3.8) is 0 Å². The van der Waals surface area contributed by atoms with Crippen LogP contribution < -0.4 is 5.32 Å². The lowest BCUT2D eigenvalue weighted by atomic mass is 10.1. The number of rotatable bonds is 7. The first kappa shape index (κ1) is 20.5. The van der Waals surface area contributed by atoms with Crippen molar-refractivity contribution in [2.75, 3.05) is 20.1 Å². The van der Waals surface area contributed by atoms with Crippen LogP contribution >= 0.6 is 0 Å². The van der Waals surface area contributed by atoms with E-state index in [-0.39, 0.29) is 29.0 Å². The van der Waals surface area contributed by atoms with Gasteiger partial charge in [-0.25, -0.2) is 9.37 Å². The third kappa shape index (κ3) is 4.99. The number of benzene rings is 1. The van der Waals surface area contributed by atoms with Gasteiger partial charge in [-0.05, 0) is 48.2 Å². The van der Waals surface area contributed by atoms with Crippen LogP contribution in [0.1, 0.15) is 40.4 Å². The number of amides is 2. The molecule has 2 heterocycles. The van der Waals surface area contributed by atoms with Crippen molar-refractivity contribution >= 4 is 22.7 Å². The molecule has 1 aromatic carbocycles. The summed E-state index contributed by atoms with van der Waals surface area (Å²) in [5.41, 5.74) is 2.21. The first-order valence-electron chi connectivity index (χ1n) is 9.61. The third-order valence-corrected chi connectivity index (χ3v) is 4.60. The van der Waals surface area contributed by atoms with Crippen LogP contribution in [-0.4, -0.2) is 46.8 Å². The van der Waals surface area contributed by atoms with Crippen LogP contribution in [0.5, 0.6) is 0 Å². The van der Waals surface area contributed by atoms with Gasteiger partial charge in [0.05, 0.1) is 0 Å². The summed E-state index contributed by atoms with van der Waals surface area (Å²) in [6.45, 7) is 5.05. The van der Waals surface area contributed by atoms with E-state index in [2.05, 4.69) is 15.3 Å². The van der Waals surface area contributed by atoms with Gasteiger partial charge >= 0.3 is 0 Å². The molecule has 0 radical (unpaired) electrons. The van der Waals surface area contributed by atoms with E-state index < -0.39 is 0 Å². The first-order valence-corrected chi connectivity index (χ1v) is 9.61. The molecule has 0 unspecified atom stereocenters. The van der Waals surface area contributed by atoms with Crippen molar-refractivity contribution in [1.82, 2.24) is 20.2 Å². The fourth-order valence-corrected chi connectivity index (χ4v) is 3.27. The summed E-state index contributed by atoms with van der Waals surface area (Å²) in [5, 5.41) is 3.61. The Kier molecular flexibility index (Phi) is 6.26. The van der Waals surface area contributed by atoms with Crippen LogP contribution in [0.15, 0.2) is 42.6 Å². The molecular formula is C22H25FN4O2. The van der Waals surface area contributed by atoms with Gasteiger partial charge in [0.2, 0.25) is 0 Å². The van der Waals surface area contributed by atoms with Gasteiger partial charge in [0, 0.05) is 37.2 Å². The molecule has 0 saturated carbocycles. The number of carbonyl (C=O) groups excluding carboxylic acids is 2. The Morgan fingerprint density at radius 1 is 1.21 bits per heavy atom. The quantitative estimate of drug-likeness (QED) is 0.643. The molecule has 0 atom stereocenters. The molecule has 2 aromatic heterocycles. The van der Waals surface area contributed by atoms with Crippen molar-refractivity contribution in [1.29, 1.82) is 0 Å². The maximum Gasteiger partial charge on any atom is 0.272 e. The highest BCUT2D eigenvalue weighted by Gasteiger charge is 2.16. The predicted molar refractivity (Wildman–Crippen MR) is 110 cm³/mol. The number of carbonyl (C=O) groups is 2. The molecule has 0 saturated heterocycles. The second kappa shape index (κ2) is 8.86. The minimum Gasteiger partial charge on any atom is -0.361 e. The number of halogens is 1. The summed E-state index contributed by atoms with van der Waals surface area (Å²) in [6.07, 6.45) is 2.36. The topological polar surface area (TPSA) is 78.1 Å². The highest BCUT2D eigenvalue weighted by Crippen LogP contribution is 2.19. The number of aromatic nitrogens is 2. The van der Waals surface area contributed by atoms with Crippen LogP contribution in [0, 0.1) is 11.7 Å². The summed E-state index contributed by atoms with van der Waals surface area (Å²) in [5.74, 6) is -0.518. The van der Waals surface area contributed by atoms with E-state index in [1.165, 1.54) is 12.1 Å². The average molecular weight is 396 g/mol. The first-order chi connectivity index (χ1) is 13.8. The zero-order valence-electron chi connectivity index (χ0n) is 16.8. The monoisotopic (exact) mass is 396 g/mol. The number of nitrogens with zero attached hydrogens (tertiary/aromatic N) is 2. The largest absolute Gasteiger partial charge is 0.361 e. The molecule has 152 valence electrons. The van der Waals surface area contributed by atoms with E-state index in [1.807, 2.05) is 20.0 Å². The second-order valence-electron chi connectivity index (χ2n) is 7.50. The molecule has 29 heavy (non-hydrogen) atoms. The number of nitrogens with one attached hydrogen (secondary N) is 2. The Bertz CT molecular complexity index is 1030. The van der Waals surface area contributed by atoms with E-state index in [9.17, 15) is 14.0 Å². The van der Waals surface area contributed by atoms with E-state index in [0.29, 0.717) is 25.4 Å². The van der Waals surface area contributed by atoms with Crippen molar-refractivity contribution in [3.8, 4) is 0 Å². The number of pyridine rings is 1. The molecule has 2 amide bonds. The standard InChI is InChI=1S/C22H25FN4O2/c1-14(2)13-27(3)22(29)20-6-4-5-19(26-20)21(28)24-10-9-15-12-25-18-8-7-16(23)11-17(15)18/h4-8,11-12,14,25H,9-10,13H2,1-3H3,(H,24,28). The second-order valence-corrected chi connectivity index (χ2v) is 7.50. The number of hydrogen-bond acceptors (Lipinski definition) is 3. The maximum absolute atomic E-state index is 13.5. The predicted octanol–water partition coefficient (Wildman–Crippen LogP) is 3.40. The van der Waals surface area contributed by atoms with Crippen molar-refractivity contribution in [2.45, 2.75) is 20.3 Å². The zero-order valence-corrected chi connectivity index (χ0v) is 16.8. The van der Waals surface area contributed by atoms with E-state index in [1.54, 1.807) is 36.2 Å². The molecular weight excluding hydrogens is 371 g/mol. The molecule has 0 aliphatic heterocycles. The van der Waals surface area contributed by atoms with Crippen LogP contribution in [0.4, 0.5) is 4.39 Å². The van der Waals surface area contributed by atoms with Crippen LogP contribution in [0.25, 0.3) is 10.9 Å². The van der Waals surface area contributed by atoms with Gasteiger partial charge in [0.25, 0.3) is 11.8 Å². The lowest BCUT2D eigenvalue weighted by Crippen LogP contribution is -2.32. The van der Waals surface area contributed by atoms with Gasteiger partial charge in [-0.3, -0.25) is 9.59 Å². The lowest BCUT2D eigenvalue weighted by molar-refractivity contribution is 0.0773. The van der Waals surface area contributed by atoms with Crippen molar-refractivity contribution in [2.24, 2.45) is 5.92 Å². The van der Waals surface area contributed by atoms with Crippen molar-refractivity contribution in [3.05, 3.63) is 65.4 Å². The summed E-state index contributed by atoms with van der Waals surface area (Å²) in [4.78, 5) is 33.8. The Hall–Kier alpha value is -3.22. The van der Waals surface area contributed by atoms with Gasteiger partial charge < -0.3 is 15.2 Å². The van der Waals surface area contributed by atoms with Gasteiger partial charge in [0.1, 0.15) is 17.2 Å². The minimum atomic E-state index is -0.350. The summed E-state index contributed by atoms with van der Waals surface area (Å²) >= 11 is 0. The fourth-order valence-electron chi connectivity index (χ4n) is 3.27. The number of fused-ring (bicyclic) bond motifs is 1. The highest BCUT2D eigenvalue weighted by atomic mass is 19.1. The summed E-state index contributed by atoms with van der Waals surface area (Å²) in [6, 6.07) is 9.42. The molecule has 0 aliphatic rings. The smallest absolute Gasteiger partial charge is 0.272 e. The van der Waals surface area contributed by atoms with E-state index in [0.717, 1.165) is 16.5 Å². The van der Waals surface area contributed by atoms with Gasteiger partial charge in [-0.2, -0.15) is 0 Å². The minimum absolute atomic E-state index is 0.193. The molecule has 3 rings (SSSR count). The third-order valence-electron chi connectivity index (χ3n) is 4.60. The Labute approximate surface area is 169 Å². The summed E-state index contributed by atoms with van der Waals surface area (Å²) in [7, 11) is 1.72. The normalized spacial score (nSPS) is 11.1. The molecule has 0 fully saturated rings. The average Bonchev–Trinajstić information content (AvgIpc) is 3.09. The Morgan fingerprint density at radius 2 is 1.97 bits per heavy atom. The fraction of sp³-hybridized carbons (Fsp3) is 0.318. The van der Waals surface area contributed by atoms with Gasteiger partial charge in [0.15, 0.2) is 0 Å². The van der Waals surface area contributed by atoms with Gasteiger partial charge in [-0.15, -0.1) is 0 Å². The Balaban J connectivity index is 1.62. The Morgan fingerprint density at radius 3 is 2.72 bits per heavy atom. The molecule has 6 nitrogen and oxygen atoms in total. The molecule has 2 N–H and O–H groups in total. The van der Waals surface area contributed by atoms with Gasteiger partial charge in [-0.1, -0.05) is 19.9 Å². The SMILES string of the molecule is CC(C)CN(C)C(=O)c1cccc(C(=O)NCCc2c[nH]c3ccc(F)cc23)n1. The maximum atomic E-state index is 13.5. The van der Waals surface area contributed by atoms with E-state index in [4.69, 9.17) is 0 Å². The lowest BCUT2D eigenvalue weighted by Gasteiger charge is -2.19. The molecule has 0 spiro atoms. The van der Waals surface area contributed by atoms with Crippen LogP contribution in [0.2, 0.25) is 0 Å². The molecule has 3 aromatic rings. The zero-order chi connectivity index (χ0) is 21.0. The number of hydrogen-bond donors (Lipinski definition) is 2. The number of H-pyrrole nitrogens is 1. The molecule has 0 bridgehead atoms. The summed E-state index contributed by atoms with van der Waals surface area (Å²) < 4.78 is 13.5. The van der Waals surface area contributed by atoms with Crippen molar-refractivity contribution < 1.29 is 14.0 Å². The van der Waals surface area contributed by atoms with Crippen LogP contribution in [-0.2, 0) is 6.42 Å². The highest BCUT2D eigenvalue weighted by molar-refractivity contribution is 5.96. The molecule has 0 aliphatic carbocycles. The van der Waals surface area contributed by atoms with E-state index >= 15 is 0 Å².